The van der Waals surface area contributed by atoms with Crippen LogP contribution in [0.3, 0.4) is 0 Å². The van der Waals surface area contributed by atoms with Crippen molar-refractivity contribution >= 4 is 5.78 Å². The van der Waals surface area contributed by atoms with Crippen LogP contribution < -0.4 is 0 Å². The fourth-order valence-corrected chi connectivity index (χ4v) is 5.24. The smallest absolute Gasteiger partial charge is 0.133 e. The summed E-state index contributed by atoms with van der Waals surface area (Å²) < 4.78 is 0. The topological polar surface area (TPSA) is 17.1 Å². The van der Waals surface area contributed by atoms with Gasteiger partial charge in [0.2, 0.25) is 0 Å². The third kappa shape index (κ3) is 1.02. The van der Waals surface area contributed by atoms with Gasteiger partial charge in [0, 0.05) is 5.92 Å². The number of rotatable bonds is 1. The van der Waals surface area contributed by atoms with Crippen LogP contribution in [0.1, 0.15) is 46.5 Å². The van der Waals surface area contributed by atoms with Crippen molar-refractivity contribution in [1.29, 1.82) is 0 Å². The summed E-state index contributed by atoms with van der Waals surface area (Å²) in [6, 6.07) is 0. The average Bonchev–Trinajstić information content (AvgIpc) is 2.59. The molecule has 0 saturated heterocycles. The molecule has 1 nitrogen and oxygen atoms in total. The molecule has 0 bridgehead atoms. The average molecular weight is 206 g/mol. The van der Waals surface area contributed by atoms with Gasteiger partial charge < -0.3 is 0 Å². The maximum Gasteiger partial charge on any atom is 0.133 e. The minimum atomic E-state index is 0.422. The molecule has 3 aliphatic carbocycles. The number of hydrogen-bond donors (Lipinski definition) is 0. The lowest BCUT2D eigenvalue weighted by Gasteiger charge is -2.47. The van der Waals surface area contributed by atoms with Gasteiger partial charge in [-0.3, -0.25) is 4.79 Å². The van der Waals surface area contributed by atoms with Gasteiger partial charge in [-0.2, -0.15) is 0 Å². The molecule has 0 spiro atoms. The third-order valence-corrected chi connectivity index (χ3v) is 6.06. The van der Waals surface area contributed by atoms with Crippen molar-refractivity contribution in [3.05, 3.63) is 0 Å². The van der Waals surface area contributed by atoms with Gasteiger partial charge in [0.25, 0.3) is 0 Å². The number of hydrogen-bond acceptors (Lipinski definition) is 1. The molecule has 0 amide bonds. The van der Waals surface area contributed by atoms with Gasteiger partial charge >= 0.3 is 0 Å². The van der Waals surface area contributed by atoms with E-state index < -0.39 is 0 Å². The molecule has 0 unspecified atom stereocenters. The van der Waals surface area contributed by atoms with Crippen LogP contribution in [0.2, 0.25) is 0 Å². The van der Waals surface area contributed by atoms with E-state index in [1.54, 1.807) is 0 Å². The highest BCUT2D eigenvalue weighted by atomic mass is 16.1. The third-order valence-electron chi connectivity index (χ3n) is 6.06. The van der Waals surface area contributed by atoms with Crippen LogP contribution in [0.5, 0.6) is 0 Å². The summed E-state index contributed by atoms with van der Waals surface area (Å²) in [4.78, 5) is 11.9. The molecule has 84 valence electrons. The van der Waals surface area contributed by atoms with Crippen molar-refractivity contribution in [3.63, 3.8) is 0 Å². The Morgan fingerprint density at radius 1 is 1.20 bits per heavy atom. The second-order valence-corrected chi connectivity index (χ2v) is 6.53. The fourth-order valence-electron chi connectivity index (χ4n) is 5.24. The van der Waals surface area contributed by atoms with Crippen molar-refractivity contribution in [2.75, 3.05) is 0 Å². The zero-order valence-corrected chi connectivity index (χ0v) is 10.1. The van der Waals surface area contributed by atoms with E-state index in [0.717, 1.165) is 23.7 Å². The van der Waals surface area contributed by atoms with Crippen molar-refractivity contribution in [3.8, 4) is 0 Å². The quantitative estimate of drug-likeness (QED) is 0.643. The first-order valence-corrected chi connectivity index (χ1v) is 6.56. The minimum Gasteiger partial charge on any atom is -0.300 e. The molecule has 6 atom stereocenters. The summed E-state index contributed by atoms with van der Waals surface area (Å²) in [7, 11) is 0. The molecule has 3 aliphatic rings. The number of ketones is 1. The fraction of sp³-hybridized carbons (Fsp3) is 0.929. The van der Waals surface area contributed by atoms with Gasteiger partial charge in [-0.05, 0) is 55.3 Å². The van der Waals surface area contributed by atoms with E-state index in [2.05, 4.69) is 13.8 Å². The van der Waals surface area contributed by atoms with Crippen LogP contribution in [0.15, 0.2) is 0 Å². The van der Waals surface area contributed by atoms with Crippen LogP contribution in [-0.4, -0.2) is 5.78 Å². The van der Waals surface area contributed by atoms with E-state index in [4.69, 9.17) is 0 Å². The van der Waals surface area contributed by atoms with E-state index in [1.807, 2.05) is 6.92 Å². The molecule has 3 fully saturated rings. The maximum absolute atomic E-state index is 11.9. The van der Waals surface area contributed by atoms with Crippen LogP contribution in [-0.2, 0) is 4.79 Å². The van der Waals surface area contributed by atoms with Crippen molar-refractivity contribution in [1.82, 2.24) is 0 Å². The SMILES string of the molecule is CC(=O)[C@@H]1[C@@H]2[C@H](C)CC[C@@H]2[C@@]2(C)CC[C@@H]12. The molecule has 3 saturated carbocycles. The predicted octanol–water partition coefficient (Wildman–Crippen LogP) is 3.28. The molecule has 0 radical (unpaired) electrons. The van der Waals surface area contributed by atoms with Gasteiger partial charge in [-0.15, -0.1) is 0 Å². The second-order valence-electron chi connectivity index (χ2n) is 6.53. The van der Waals surface area contributed by atoms with Gasteiger partial charge in [0.1, 0.15) is 5.78 Å². The van der Waals surface area contributed by atoms with Crippen molar-refractivity contribution < 1.29 is 4.79 Å². The number of Topliss-reactive ketones (excluding diaryl/α,β-unsaturated/α-hetero) is 1. The highest BCUT2D eigenvalue weighted by Crippen LogP contribution is 2.70. The van der Waals surface area contributed by atoms with Crippen LogP contribution in [0.25, 0.3) is 0 Å². The molecular weight excluding hydrogens is 184 g/mol. The monoisotopic (exact) mass is 206 g/mol. The summed E-state index contributed by atoms with van der Waals surface area (Å²) in [5, 5.41) is 0. The molecule has 0 aliphatic heterocycles. The number of carbonyl (C=O) groups excluding carboxylic acids is 1. The highest BCUT2D eigenvalue weighted by Gasteiger charge is 2.65. The first-order valence-electron chi connectivity index (χ1n) is 6.56. The lowest BCUT2D eigenvalue weighted by Crippen LogP contribution is -2.40. The van der Waals surface area contributed by atoms with E-state index in [0.29, 0.717) is 17.1 Å². The Labute approximate surface area is 92.6 Å². The normalized spacial score (nSPS) is 57.1. The first-order chi connectivity index (χ1) is 7.05. The van der Waals surface area contributed by atoms with E-state index in [1.165, 1.54) is 25.7 Å². The molecule has 0 aromatic carbocycles. The number of fused-ring (bicyclic) bond motifs is 3. The lowest BCUT2D eigenvalue weighted by atomic mass is 9.57. The standard InChI is InChI=1S/C14H22O/c1-8-4-5-10-12(8)13(9(2)15)11-6-7-14(10,11)3/h8,10-13H,4-7H2,1-3H3/t8-,10+,11+,12-,13+,14-/m1/s1. The van der Waals surface area contributed by atoms with Gasteiger partial charge in [0.05, 0.1) is 0 Å². The van der Waals surface area contributed by atoms with Gasteiger partial charge in [0.15, 0.2) is 0 Å². The highest BCUT2D eigenvalue weighted by molar-refractivity contribution is 5.80. The predicted molar refractivity (Wildman–Crippen MR) is 60.4 cm³/mol. The summed E-state index contributed by atoms with van der Waals surface area (Å²) >= 11 is 0. The van der Waals surface area contributed by atoms with E-state index in [9.17, 15) is 4.79 Å². The zero-order chi connectivity index (χ0) is 10.8. The van der Waals surface area contributed by atoms with Gasteiger partial charge in [-0.1, -0.05) is 20.3 Å². The van der Waals surface area contributed by atoms with Crippen LogP contribution in [0, 0.1) is 35.0 Å². The van der Waals surface area contributed by atoms with Crippen LogP contribution >= 0.6 is 0 Å². The molecule has 0 aromatic rings. The largest absolute Gasteiger partial charge is 0.300 e. The second kappa shape index (κ2) is 2.87. The Balaban J connectivity index is 1.99. The zero-order valence-electron chi connectivity index (χ0n) is 10.1. The Morgan fingerprint density at radius 2 is 1.93 bits per heavy atom. The lowest BCUT2D eigenvalue weighted by molar-refractivity contribution is -0.125. The Kier molecular flexibility index (Phi) is 1.88. The Hall–Kier alpha value is -0.330. The first kappa shape index (κ1) is 9.86. The molecule has 3 rings (SSSR count). The molecular formula is C14H22O. The van der Waals surface area contributed by atoms with Crippen molar-refractivity contribution in [2.45, 2.75) is 46.5 Å². The summed E-state index contributed by atoms with van der Waals surface area (Å²) in [5.41, 5.74) is 0.547. The van der Waals surface area contributed by atoms with Gasteiger partial charge in [-0.25, -0.2) is 0 Å². The summed E-state index contributed by atoms with van der Waals surface area (Å²) in [6.07, 6.45) is 5.46. The van der Waals surface area contributed by atoms with E-state index >= 15 is 0 Å². The molecule has 0 aromatic heterocycles. The molecule has 15 heavy (non-hydrogen) atoms. The Morgan fingerprint density at radius 3 is 2.47 bits per heavy atom. The summed E-state index contributed by atoms with van der Waals surface area (Å²) in [6.45, 7) is 6.66. The number of carbonyl (C=O) groups is 1. The molecule has 1 heteroatoms. The summed E-state index contributed by atoms with van der Waals surface area (Å²) in [5.74, 6) is 4.05. The molecule has 0 heterocycles. The van der Waals surface area contributed by atoms with Crippen LogP contribution in [0.4, 0.5) is 0 Å². The van der Waals surface area contributed by atoms with E-state index in [-0.39, 0.29) is 0 Å². The maximum atomic E-state index is 11.9. The Bertz CT molecular complexity index is 308. The minimum absolute atomic E-state index is 0.422. The molecule has 0 N–H and O–H groups in total. The van der Waals surface area contributed by atoms with Crippen molar-refractivity contribution in [2.24, 2.45) is 35.0 Å².